The molecular formula is C22H43N5O4S. The third-order valence-corrected chi connectivity index (χ3v) is 8.89. The SMILES string of the molecule is CC(C)CN1CCOC(CNC(=O)CN2CCN(S(=O)(=O)N(C)C3CCCCC3)CC2)C1. The average molecular weight is 474 g/mol. The van der Waals surface area contributed by atoms with Crippen molar-refractivity contribution in [1.82, 2.24) is 23.7 Å². The largest absolute Gasteiger partial charge is 0.374 e. The second-order valence-electron chi connectivity index (χ2n) is 9.94. The second-order valence-corrected chi connectivity index (χ2v) is 11.9. The van der Waals surface area contributed by atoms with Crippen LogP contribution in [0, 0.1) is 5.92 Å². The molecule has 32 heavy (non-hydrogen) atoms. The van der Waals surface area contributed by atoms with Crippen molar-refractivity contribution in [1.29, 1.82) is 0 Å². The predicted molar refractivity (Wildman–Crippen MR) is 126 cm³/mol. The van der Waals surface area contributed by atoms with Crippen LogP contribution in [0.5, 0.6) is 0 Å². The molecule has 0 bridgehead atoms. The summed E-state index contributed by atoms with van der Waals surface area (Å²) in [4.78, 5) is 16.9. The molecule has 186 valence electrons. The lowest BCUT2D eigenvalue weighted by molar-refractivity contribution is -0.123. The summed E-state index contributed by atoms with van der Waals surface area (Å²) in [6, 6.07) is 0.121. The molecule has 10 heteroatoms. The minimum atomic E-state index is -3.43. The molecule has 1 atom stereocenters. The van der Waals surface area contributed by atoms with E-state index in [0.717, 1.165) is 45.3 Å². The van der Waals surface area contributed by atoms with Gasteiger partial charge >= 0.3 is 0 Å². The highest BCUT2D eigenvalue weighted by atomic mass is 32.2. The smallest absolute Gasteiger partial charge is 0.282 e. The van der Waals surface area contributed by atoms with E-state index in [2.05, 4.69) is 24.1 Å². The van der Waals surface area contributed by atoms with Gasteiger partial charge < -0.3 is 10.1 Å². The lowest BCUT2D eigenvalue weighted by Gasteiger charge is -2.38. The molecular weight excluding hydrogens is 430 g/mol. The summed E-state index contributed by atoms with van der Waals surface area (Å²) in [5, 5.41) is 3.00. The molecule has 1 N–H and O–H groups in total. The Hall–Kier alpha value is -0.780. The van der Waals surface area contributed by atoms with E-state index in [1.54, 1.807) is 15.7 Å². The van der Waals surface area contributed by atoms with Gasteiger partial charge in [0.2, 0.25) is 5.91 Å². The molecule has 3 rings (SSSR count). The highest BCUT2D eigenvalue weighted by molar-refractivity contribution is 7.86. The number of ether oxygens (including phenoxy) is 1. The Morgan fingerprint density at radius 3 is 2.41 bits per heavy atom. The minimum absolute atomic E-state index is 0.0230. The first kappa shape index (κ1) is 25.8. The number of piperazine rings is 1. The summed E-state index contributed by atoms with van der Waals surface area (Å²) >= 11 is 0. The van der Waals surface area contributed by atoms with Crippen molar-refractivity contribution in [3.8, 4) is 0 Å². The van der Waals surface area contributed by atoms with Crippen LogP contribution < -0.4 is 5.32 Å². The molecule has 0 aromatic rings. The Morgan fingerprint density at radius 1 is 1.06 bits per heavy atom. The fraction of sp³-hybridized carbons (Fsp3) is 0.955. The summed E-state index contributed by atoms with van der Waals surface area (Å²) < 4.78 is 35.0. The molecule has 9 nitrogen and oxygen atoms in total. The van der Waals surface area contributed by atoms with Crippen LogP contribution in [0.15, 0.2) is 0 Å². The molecule has 2 aliphatic heterocycles. The number of carbonyl (C=O) groups is 1. The van der Waals surface area contributed by atoms with Gasteiger partial charge in [0.15, 0.2) is 0 Å². The number of nitrogens with one attached hydrogen (secondary N) is 1. The molecule has 0 radical (unpaired) electrons. The van der Waals surface area contributed by atoms with Gasteiger partial charge in [0.1, 0.15) is 0 Å². The van der Waals surface area contributed by atoms with Crippen LogP contribution in [0.1, 0.15) is 46.0 Å². The summed E-state index contributed by atoms with van der Waals surface area (Å²) in [7, 11) is -1.71. The third-order valence-electron chi connectivity index (χ3n) is 6.85. The van der Waals surface area contributed by atoms with E-state index < -0.39 is 10.2 Å². The Labute approximate surface area is 194 Å². The molecule has 0 aromatic heterocycles. The lowest BCUT2D eigenvalue weighted by Crippen LogP contribution is -2.55. The standard InChI is InChI=1S/C22H43N5O4S/c1-19(2)16-26-13-14-31-21(17-26)15-23-22(28)18-25-9-11-27(12-10-25)32(29,30)24(3)20-7-5-4-6-8-20/h19-21H,4-18H2,1-3H3,(H,23,28). The summed E-state index contributed by atoms with van der Waals surface area (Å²) in [6.45, 7) is 10.8. The van der Waals surface area contributed by atoms with Crippen molar-refractivity contribution >= 4 is 16.1 Å². The maximum Gasteiger partial charge on any atom is 0.282 e. The van der Waals surface area contributed by atoms with Crippen LogP contribution in [0.2, 0.25) is 0 Å². The van der Waals surface area contributed by atoms with E-state index in [0.29, 0.717) is 51.8 Å². The summed E-state index contributed by atoms with van der Waals surface area (Å²) in [5.41, 5.74) is 0. The average Bonchev–Trinajstić information content (AvgIpc) is 2.78. The number of morpholine rings is 1. The normalized spacial score (nSPS) is 25.5. The van der Waals surface area contributed by atoms with Crippen molar-refractivity contribution in [2.45, 2.75) is 58.1 Å². The van der Waals surface area contributed by atoms with Crippen molar-refractivity contribution in [2.24, 2.45) is 5.92 Å². The third kappa shape index (κ3) is 7.36. The Bertz CT molecular complexity index is 690. The van der Waals surface area contributed by atoms with Gasteiger partial charge in [-0.3, -0.25) is 14.6 Å². The van der Waals surface area contributed by atoms with E-state index in [-0.39, 0.29) is 18.1 Å². The number of hydrogen-bond donors (Lipinski definition) is 1. The van der Waals surface area contributed by atoms with Crippen molar-refractivity contribution in [2.75, 3.05) is 72.6 Å². The van der Waals surface area contributed by atoms with Crippen LogP contribution in [0.25, 0.3) is 0 Å². The number of carbonyl (C=O) groups excluding carboxylic acids is 1. The fourth-order valence-corrected chi connectivity index (χ4v) is 6.58. The van der Waals surface area contributed by atoms with Gasteiger partial charge in [0, 0.05) is 65.4 Å². The van der Waals surface area contributed by atoms with Gasteiger partial charge in [-0.25, -0.2) is 0 Å². The van der Waals surface area contributed by atoms with Gasteiger partial charge in [-0.05, 0) is 18.8 Å². The van der Waals surface area contributed by atoms with Crippen molar-refractivity contribution in [3.63, 3.8) is 0 Å². The zero-order chi connectivity index (χ0) is 23.1. The van der Waals surface area contributed by atoms with Crippen LogP contribution >= 0.6 is 0 Å². The van der Waals surface area contributed by atoms with Gasteiger partial charge in [-0.2, -0.15) is 17.0 Å². The molecule has 1 unspecified atom stereocenters. The fourth-order valence-electron chi connectivity index (χ4n) is 5.01. The van der Waals surface area contributed by atoms with E-state index in [4.69, 9.17) is 4.74 Å². The van der Waals surface area contributed by atoms with Gasteiger partial charge in [0.25, 0.3) is 10.2 Å². The molecule has 0 aromatic carbocycles. The van der Waals surface area contributed by atoms with Crippen LogP contribution in [-0.4, -0.2) is 117 Å². The molecule has 1 saturated carbocycles. The van der Waals surface area contributed by atoms with Crippen LogP contribution in [0.4, 0.5) is 0 Å². The zero-order valence-corrected chi connectivity index (χ0v) is 21.0. The second kappa shape index (κ2) is 12.1. The zero-order valence-electron chi connectivity index (χ0n) is 20.2. The number of amides is 1. The van der Waals surface area contributed by atoms with Gasteiger partial charge in [-0.1, -0.05) is 33.1 Å². The number of rotatable bonds is 9. The highest BCUT2D eigenvalue weighted by Gasteiger charge is 2.34. The molecule has 2 saturated heterocycles. The molecule has 3 fully saturated rings. The Morgan fingerprint density at radius 2 is 1.75 bits per heavy atom. The molecule has 2 heterocycles. The van der Waals surface area contributed by atoms with Gasteiger partial charge in [-0.15, -0.1) is 0 Å². The number of nitrogens with zero attached hydrogens (tertiary/aromatic N) is 4. The van der Waals surface area contributed by atoms with Crippen molar-refractivity contribution < 1.29 is 17.9 Å². The Kier molecular flexibility index (Phi) is 9.75. The van der Waals surface area contributed by atoms with Crippen LogP contribution in [0.3, 0.4) is 0 Å². The molecule has 0 spiro atoms. The Balaban J connectivity index is 1.37. The summed E-state index contributed by atoms with van der Waals surface area (Å²) in [5.74, 6) is 0.596. The maximum absolute atomic E-state index is 13.0. The van der Waals surface area contributed by atoms with Gasteiger partial charge in [0.05, 0.1) is 19.3 Å². The topological polar surface area (TPSA) is 85.4 Å². The first-order valence-electron chi connectivity index (χ1n) is 12.3. The van der Waals surface area contributed by atoms with Crippen molar-refractivity contribution in [3.05, 3.63) is 0 Å². The molecule has 1 aliphatic carbocycles. The lowest BCUT2D eigenvalue weighted by atomic mass is 9.96. The van der Waals surface area contributed by atoms with Crippen LogP contribution in [-0.2, 0) is 19.7 Å². The van der Waals surface area contributed by atoms with E-state index >= 15 is 0 Å². The summed E-state index contributed by atoms with van der Waals surface area (Å²) in [6.07, 6.45) is 5.35. The maximum atomic E-state index is 13.0. The first-order valence-corrected chi connectivity index (χ1v) is 13.7. The molecule has 3 aliphatic rings. The van der Waals surface area contributed by atoms with E-state index in [1.807, 2.05) is 4.90 Å². The molecule has 1 amide bonds. The van der Waals surface area contributed by atoms with E-state index in [9.17, 15) is 13.2 Å². The predicted octanol–water partition coefficient (Wildman–Crippen LogP) is 0.586. The van der Waals surface area contributed by atoms with E-state index in [1.165, 1.54) is 6.42 Å². The minimum Gasteiger partial charge on any atom is -0.374 e. The highest BCUT2D eigenvalue weighted by Crippen LogP contribution is 2.25. The first-order chi connectivity index (χ1) is 15.3. The number of hydrogen-bond acceptors (Lipinski definition) is 6. The monoisotopic (exact) mass is 473 g/mol. The quantitative estimate of drug-likeness (QED) is 0.528.